The Kier molecular flexibility index (Phi) is 31.3. The van der Waals surface area contributed by atoms with Crippen molar-refractivity contribution in [2.24, 2.45) is 0 Å². The molecule has 0 aromatic carbocycles. The zero-order chi connectivity index (χ0) is 36.3. The molecule has 0 aliphatic carbocycles. The number of carbonyl (C=O) groups excluding carboxylic acids is 1. The van der Waals surface area contributed by atoms with Crippen LogP contribution in [-0.2, 0) is 27.9 Å². The van der Waals surface area contributed by atoms with Gasteiger partial charge < -0.3 is 27.9 Å². The molecule has 0 saturated carbocycles. The summed E-state index contributed by atoms with van der Waals surface area (Å²) >= 11 is 0. The third-order valence-corrected chi connectivity index (χ3v) is 7.93. The minimum atomic E-state index is -4.52. The first-order chi connectivity index (χ1) is 23.6. The maximum atomic E-state index is 12.2. The number of hydrogen-bond acceptors (Lipinski definition) is 7. The molecule has 0 heterocycles. The topological polar surface area (TPSA) is 94.1 Å². The van der Waals surface area contributed by atoms with Crippen molar-refractivity contribution in [2.45, 2.75) is 110 Å². The normalized spacial score (nSPS) is 15.0. The Bertz CT molecular complexity index is 1050. The number of hydrogen-bond donors (Lipinski definition) is 0. The van der Waals surface area contributed by atoms with Gasteiger partial charge in [0, 0.05) is 13.0 Å². The minimum Gasteiger partial charge on any atom is -0.756 e. The Balaban J connectivity index is 4.12. The molecule has 2 atom stereocenters. The van der Waals surface area contributed by atoms with E-state index in [1.807, 2.05) is 21.1 Å². The molecule has 0 fully saturated rings. The van der Waals surface area contributed by atoms with Crippen molar-refractivity contribution in [1.82, 2.24) is 0 Å². The molecule has 0 saturated heterocycles. The fourth-order valence-electron chi connectivity index (χ4n) is 4.11. The first kappa shape index (κ1) is 46.7. The number of phosphoric acid groups is 1. The highest BCUT2D eigenvalue weighted by atomic mass is 31.2. The van der Waals surface area contributed by atoms with Crippen molar-refractivity contribution in [3.05, 3.63) is 85.1 Å². The Morgan fingerprint density at radius 2 is 1.16 bits per heavy atom. The zero-order valence-electron chi connectivity index (χ0n) is 31.3. The molecule has 0 aliphatic heterocycles. The second-order valence-electron chi connectivity index (χ2n) is 12.9. The summed E-state index contributed by atoms with van der Waals surface area (Å²) in [5.74, 6) is -0.380. The summed E-state index contributed by atoms with van der Waals surface area (Å²) in [5.41, 5.74) is 0. The molecular weight excluding hydrogens is 637 g/mol. The van der Waals surface area contributed by atoms with Gasteiger partial charge in [-0.05, 0) is 70.6 Å². The van der Waals surface area contributed by atoms with Crippen LogP contribution in [0.15, 0.2) is 85.1 Å². The van der Waals surface area contributed by atoms with Gasteiger partial charge in [0.2, 0.25) is 0 Å². The number of unbranched alkanes of at least 4 members (excludes halogenated alkanes) is 4. The number of allylic oxidation sites excluding steroid dienone is 14. The molecule has 0 radical (unpaired) electrons. The van der Waals surface area contributed by atoms with E-state index >= 15 is 0 Å². The third-order valence-electron chi connectivity index (χ3n) is 6.96. The van der Waals surface area contributed by atoms with Crippen LogP contribution < -0.4 is 4.89 Å². The van der Waals surface area contributed by atoms with E-state index in [1.54, 1.807) is 0 Å². The van der Waals surface area contributed by atoms with Gasteiger partial charge in [0.1, 0.15) is 19.3 Å². The smallest absolute Gasteiger partial charge is 0.306 e. The van der Waals surface area contributed by atoms with Crippen LogP contribution in [0.1, 0.15) is 104 Å². The lowest BCUT2D eigenvalue weighted by atomic mass is 10.2. The molecule has 0 spiro atoms. The van der Waals surface area contributed by atoms with E-state index in [-0.39, 0.29) is 32.2 Å². The molecule has 8 nitrogen and oxygen atoms in total. The number of carbonyl (C=O) groups is 1. The van der Waals surface area contributed by atoms with Crippen LogP contribution in [0.4, 0.5) is 0 Å². The van der Waals surface area contributed by atoms with Crippen molar-refractivity contribution >= 4 is 13.8 Å². The first-order valence-electron chi connectivity index (χ1n) is 18.3. The molecule has 2 unspecified atom stereocenters. The highest BCUT2D eigenvalue weighted by molar-refractivity contribution is 7.45. The van der Waals surface area contributed by atoms with Crippen LogP contribution in [0.3, 0.4) is 0 Å². The van der Waals surface area contributed by atoms with Gasteiger partial charge >= 0.3 is 5.97 Å². The van der Waals surface area contributed by atoms with Crippen molar-refractivity contribution < 1.29 is 37.3 Å². The van der Waals surface area contributed by atoms with E-state index in [4.69, 9.17) is 18.5 Å². The van der Waals surface area contributed by atoms with Crippen LogP contribution in [0, 0.1) is 0 Å². The Labute approximate surface area is 299 Å². The number of phosphoric ester groups is 1. The predicted octanol–water partition coefficient (Wildman–Crippen LogP) is 9.52. The zero-order valence-corrected chi connectivity index (χ0v) is 32.2. The number of likely N-dealkylation sites (N-methyl/N-ethyl adjacent to an activating group) is 1. The molecule has 0 aliphatic rings. The first-order valence-corrected chi connectivity index (χ1v) is 19.8. The highest BCUT2D eigenvalue weighted by Crippen LogP contribution is 2.38. The van der Waals surface area contributed by atoms with Crippen LogP contribution in [0.2, 0.25) is 0 Å². The van der Waals surface area contributed by atoms with E-state index in [2.05, 4.69) is 98.9 Å². The lowest BCUT2D eigenvalue weighted by Crippen LogP contribution is -2.37. The largest absolute Gasteiger partial charge is 0.756 e. The van der Waals surface area contributed by atoms with Gasteiger partial charge in [-0.25, -0.2) is 0 Å². The highest BCUT2D eigenvalue weighted by Gasteiger charge is 2.20. The van der Waals surface area contributed by atoms with Gasteiger partial charge in [0.25, 0.3) is 7.82 Å². The second-order valence-corrected chi connectivity index (χ2v) is 14.3. The molecule has 0 rings (SSSR count). The molecule has 0 amide bonds. The number of esters is 1. The third kappa shape index (κ3) is 36.8. The van der Waals surface area contributed by atoms with Gasteiger partial charge in [-0.1, -0.05) is 112 Å². The average Bonchev–Trinajstić information content (AvgIpc) is 3.04. The van der Waals surface area contributed by atoms with Crippen molar-refractivity contribution in [3.63, 3.8) is 0 Å². The van der Waals surface area contributed by atoms with Crippen LogP contribution >= 0.6 is 7.82 Å². The van der Waals surface area contributed by atoms with Gasteiger partial charge in [0.05, 0.1) is 34.4 Å². The number of nitrogens with zero attached hydrogens (tertiary/aromatic N) is 1. The van der Waals surface area contributed by atoms with E-state index in [0.717, 1.165) is 83.5 Å². The summed E-state index contributed by atoms with van der Waals surface area (Å²) in [6.07, 6.45) is 42.6. The minimum absolute atomic E-state index is 0.0120. The number of rotatable bonds is 32. The predicted molar refractivity (Wildman–Crippen MR) is 203 cm³/mol. The molecule has 280 valence electrons. The van der Waals surface area contributed by atoms with Crippen LogP contribution in [-0.4, -0.2) is 70.7 Å². The molecule has 0 N–H and O–H groups in total. The molecule has 0 aromatic heterocycles. The van der Waals surface area contributed by atoms with Gasteiger partial charge in [-0.15, -0.1) is 0 Å². The molecule has 0 bridgehead atoms. The SMILES string of the molecule is CC/C=C\C/C=C\C/C=C\C/C=C\C/C=C\C/C=C\C/C=C\CCCCOCC(COP(=O)([O-])OCC[N+](C)(C)C)OC(=O)CCCCC. The van der Waals surface area contributed by atoms with E-state index in [1.165, 1.54) is 0 Å². The molecule has 49 heavy (non-hydrogen) atoms. The van der Waals surface area contributed by atoms with Gasteiger partial charge in [-0.3, -0.25) is 9.36 Å². The summed E-state index contributed by atoms with van der Waals surface area (Å²) in [6, 6.07) is 0. The van der Waals surface area contributed by atoms with Crippen LogP contribution in [0.5, 0.6) is 0 Å². The number of ether oxygens (including phenoxy) is 2. The quantitative estimate of drug-likeness (QED) is 0.0226. The van der Waals surface area contributed by atoms with Crippen molar-refractivity contribution in [3.8, 4) is 0 Å². The average molecular weight is 706 g/mol. The lowest BCUT2D eigenvalue weighted by Gasteiger charge is -2.28. The van der Waals surface area contributed by atoms with Crippen molar-refractivity contribution in [1.29, 1.82) is 0 Å². The van der Waals surface area contributed by atoms with Crippen molar-refractivity contribution in [2.75, 3.05) is 54.1 Å². The summed E-state index contributed by atoms with van der Waals surface area (Å²) in [7, 11) is 1.30. The fraction of sp³-hybridized carbons (Fsp3) is 0.625. The molecule has 9 heteroatoms. The van der Waals surface area contributed by atoms with E-state index in [9.17, 15) is 14.3 Å². The maximum absolute atomic E-state index is 12.2. The summed E-state index contributed by atoms with van der Waals surface area (Å²) in [6.45, 7) is 4.95. The summed E-state index contributed by atoms with van der Waals surface area (Å²) < 4.78 is 33.9. The monoisotopic (exact) mass is 705 g/mol. The number of quaternary nitrogens is 1. The molecular formula is C40H68NO7P. The maximum Gasteiger partial charge on any atom is 0.306 e. The lowest BCUT2D eigenvalue weighted by molar-refractivity contribution is -0.870. The second kappa shape index (κ2) is 32.9. The summed E-state index contributed by atoms with van der Waals surface area (Å²) in [4.78, 5) is 24.4. The Morgan fingerprint density at radius 3 is 1.65 bits per heavy atom. The Morgan fingerprint density at radius 1 is 0.653 bits per heavy atom. The molecule has 0 aromatic rings. The van der Waals surface area contributed by atoms with Gasteiger partial charge in [0.15, 0.2) is 0 Å². The summed E-state index contributed by atoms with van der Waals surface area (Å²) in [5, 5.41) is 0. The van der Waals surface area contributed by atoms with Crippen LogP contribution in [0.25, 0.3) is 0 Å². The van der Waals surface area contributed by atoms with E-state index < -0.39 is 13.9 Å². The van der Waals surface area contributed by atoms with Gasteiger partial charge in [-0.2, -0.15) is 0 Å². The standard InChI is InChI=1S/C40H68NO7P/c1-6-8-10-11-12-13-14-15-16-17-18-19-20-21-22-23-24-25-26-27-28-29-30-32-35-45-37-39(48-40(42)33-31-9-7-2)38-47-49(43,44)46-36-34-41(3,4)5/h8,10,12-13,15-16,18-19,21-22,24-25,27-28,39H,6-7,9,11,14,17,20,23,26,29-38H2,1-5H3/b10-8-,13-12-,16-15-,19-18-,22-21-,25-24-,28-27-. The Hall–Kier alpha value is -2.32. The fourth-order valence-corrected chi connectivity index (χ4v) is 4.84. The van der Waals surface area contributed by atoms with E-state index in [0.29, 0.717) is 17.6 Å².